The van der Waals surface area contributed by atoms with E-state index in [9.17, 15) is 9.90 Å². The predicted molar refractivity (Wildman–Crippen MR) is 55.7 cm³/mol. The highest BCUT2D eigenvalue weighted by atomic mass is 16.3. The minimum absolute atomic E-state index is 0.0698. The number of rotatable bonds is 2. The highest BCUT2D eigenvalue weighted by Crippen LogP contribution is 2.38. The van der Waals surface area contributed by atoms with Gasteiger partial charge in [0.25, 0.3) is 0 Å². The summed E-state index contributed by atoms with van der Waals surface area (Å²) in [5.41, 5.74) is 0.767. The van der Waals surface area contributed by atoms with Crippen LogP contribution in [0.25, 0.3) is 0 Å². The van der Waals surface area contributed by atoms with Crippen molar-refractivity contribution in [3.05, 3.63) is 35.4 Å². The van der Waals surface area contributed by atoms with Crippen LogP contribution in [0.5, 0.6) is 0 Å². The van der Waals surface area contributed by atoms with Gasteiger partial charge in [0.2, 0.25) is 0 Å². The number of ketones is 1. The molecule has 0 spiro atoms. The molecule has 0 aromatic heterocycles. The standard InChI is InChI=1S/C12H14O3/c1-12(10(14)7-13)6-8-4-2-3-5-9(8)11(12)15/h2-5,10,13-14H,6-7H2,1H3. The molecule has 1 aliphatic carbocycles. The molecule has 15 heavy (non-hydrogen) atoms. The first-order chi connectivity index (χ1) is 7.09. The molecule has 1 aliphatic rings. The summed E-state index contributed by atoms with van der Waals surface area (Å²) < 4.78 is 0. The Morgan fingerprint density at radius 1 is 1.47 bits per heavy atom. The van der Waals surface area contributed by atoms with Gasteiger partial charge in [0, 0.05) is 5.56 Å². The fourth-order valence-electron chi connectivity index (χ4n) is 2.15. The van der Waals surface area contributed by atoms with Gasteiger partial charge < -0.3 is 10.2 Å². The molecule has 0 saturated carbocycles. The summed E-state index contributed by atoms with van der Waals surface area (Å²) in [7, 11) is 0. The average molecular weight is 206 g/mol. The number of benzene rings is 1. The van der Waals surface area contributed by atoms with Crippen molar-refractivity contribution >= 4 is 5.78 Å². The van der Waals surface area contributed by atoms with E-state index in [1.54, 1.807) is 13.0 Å². The first kappa shape index (κ1) is 10.3. The zero-order valence-corrected chi connectivity index (χ0v) is 8.60. The number of fused-ring (bicyclic) bond motifs is 1. The number of hydrogen-bond acceptors (Lipinski definition) is 3. The Balaban J connectivity index is 2.42. The molecule has 3 heteroatoms. The minimum atomic E-state index is -0.989. The normalized spacial score (nSPS) is 26.5. The van der Waals surface area contributed by atoms with Gasteiger partial charge in [-0.25, -0.2) is 0 Å². The van der Waals surface area contributed by atoms with Gasteiger partial charge in [0.05, 0.1) is 18.1 Å². The van der Waals surface area contributed by atoms with E-state index in [4.69, 9.17) is 5.11 Å². The van der Waals surface area contributed by atoms with Crippen molar-refractivity contribution in [3.63, 3.8) is 0 Å². The topological polar surface area (TPSA) is 57.5 Å². The lowest BCUT2D eigenvalue weighted by atomic mass is 9.80. The van der Waals surface area contributed by atoms with E-state index in [2.05, 4.69) is 0 Å². The Hall–Kier alpha value is -1.19. The maximum atomic E-state index is 12.0. The van der Waals surface area contributed by atoms with Crippen molar-refractivity contribution < 1.29 is 15.0 Å². The largest absolute Gasteiger partial charge is 0.394 e. The summed E-state index contributed by atoms with van der Waals surface area (Å²) in [4.78, 5) is 12.0. The van der Waals surface area contributed by atoms with Crippen LogP contribution >= 0.6 is 0 Å². The third-order valence-corrected chi connectivity index (χ3v) is 3.25. The summed E-state index contributed by atoms with van der Waals surface area (Å²) in [6, 6.07) is 7.35. The highest BCUT2D eigenvalue weighted by Gasteiger charge is 2.46. The van der Waals surface area contributed by atoms with Gasteiger partial charge in [-0.05, 0) is 18.9 Å². The molecule has 2 rings (SSSR count). The summed E-state index contributed by atoms with van der Waals surface area (Å²) in [5, 5.41) is 18.6. The lowest BCUT2D eigenvalue weighted by molar-refractivity contribution is 0.00526. The monoisotopic (exact) mass is 206 g/mol. The number of Topliss-reactive ketones (excluding diaryl/α,β-unsaturated/α-hetero) is 1. The Bertz CT molecular complexity index is 400. The third-order valence-electron chi connectivity index (χ3n) is 3.25. The van der Waals surface area contributed by atoms with Crippen molar-refractivity contribution in [3.8, 4) is 0 Å². The van der Waals surface area contributed by atoms with Crippen molar-refractivity contribution in [1.29, 1.82) is 0 Å². The van der Waals surface area contributed by atoms with E-state index >= 15 is 0 Å². The van der Waals surface area contributed by atoms with Gasteiger partial charge in [-0.3, -0.25) is 4.79 Å². The van der Waals surface area contributed by atoms with Gasteiger partial charge in [-0.2, -0.15) is 0 Å². The lowest BCUT2D eigenvalue weighted by Gasteiger charge is -2.26. The summed E-state index contributed by atoms with van der Waals surface area (Å²) in [6.07, 6.45) is -0.485. The predicted octanol–water partition coefficient (Wildman–Crippen LogP) is 0.785. The van der Waals surface area contributed by atoms with Crippen molar-refractivity contribution in [1.82, 2.24) is 0 Å². The maximum Gasteiger partial charge on any atom is 0.172 e. The second-order valence-corrected chi connectivity index (χ2v) is 4.28. The highest BCUT2D eigenvalue weighted by molar-refractivity contribution is 6.05. The van der Waals surface area contributed by atoms with Crippen LogP contribution in [0.3, 0.4) is 0 Å². The zero-order valence-electron chi connectivity index (χ0n) is 8.60. The second-order valence-electron chi connectivity index (χ2n) is 4.28. The van der Waals surface area contributed by atoms with E-state index in [0.717, 1.165) is 5.56 Å². The molecule has 2 unspecified atom stereocenters. The number of aliphatic hydroxyl groups is 2. The first-order valence-corrected chi connectivity index (χ1v) is 5.01. The number of aliphatic hydroxyl groups excluding tert-OH is 2. The molecule has 3 nitrogen and oxygen atoms in total. The summed E-state index contributed by atoms with van der Waals surface area (Å²) in [5.74, 6) is -0.0698. The lowest BCUT2D eigenvalue weighted by Crippen LogP contribution is -2.40. The van der Waals surface area contributed by atoms with Crippen LogP contribution in [0, 0.1) is 5.41 Å². The van der Waals surface area contributed by atoms with E-state index < -0.39 is 11.5 Å². The molecule has 2 atom stereocenters. The van der Waals surface area contributed by atoms with Crippen LogP contribution in [0.2, 0.25) is 0 Å². The number of carbonyl (C=O) groups excluding carboxylic acids is 1. The van der Waals surface area contributed by atoms with Crippen molar-refractivity contribution in [2.75, 3.05) is 6.61 Å². The molecule has 0 aliphatic heterocycles. The molecule has 0 bridgehead atoms. The fourth-order valence-corrected chi connectivity index (χ4v) is 2.15. The Morgan fingerprint density at radius 3 is 2.73 bits per heavy atom. The minimum Gasteiger partial charge on any atom is -0.394 e. The molecule has 0 amide bonds. The molecule has 80 valence electrons. The summed E-state index contributed by atoms with van der Waals surface area (Å²) in [6.45, 7) is 1.33. The van der Waals surface area contributed by atoms with Crippen molar-refractivity contribution in [2.45, 2.75) is 19.4 Å². The molecule has 2 N–H and O–H groups in total. The fraction of sp³-hybridized carbons (Fsp3) is 0.417. The second kappa shape index (κ2) is 3.43. The maximum absolute atomic E-state index is 12.0. The summed E-state index contributed by atoms with van der Waals surface area (Å²) >= 11 is 0. The van der Waals surface area contributed by atoms with Crippen LogP contribution < -0.4 is 0 Å². The van der Waals surface area contributed by atoms with E-state index in [-0.39, 0.29) is 12.4 Å². The van der Waals surface area contributed by atoms with Gasteiger partial charge in [-0.15, -0.1) is 0 Å². The van der Waals surface area contributed by atoms with Crippen LogP contribution in [0.15, 0.2) is 24.3 Å². The van der Waals surface area contributed by atoms with E-state index in [0.29, 0.717) is 12.0 Å². The first-order valence-electron chi connectivity index (χ1n) is 5.01. The molecule has 1 aromatic rings. The van der Waals surface area contributed by atoms with Gasteiger partial charge in [0.1, 0.15) is 0 Å². The Labute approximate surface area is 88.4 Å². The average Bonchev–Trinajstić information content (AvgIpc) is 2.52. The molecule has 0 saturated heterocycles. The van der Waals surface area contributed by atoms with Gasteiger partial charge in [0.15, 0.2) is 5.78 Å². The van der Waals surface area contributed by atoms with E-state index in [1.807, 2.05) is 18.2 Å². The van der Waals surface area contributed by atoms with Gasteiger partial charge >= 0.3 is 0 Å². The smallest absolute Gasteiger partial charge is 0.172 e. The molecular formula is C12H14O3. The molecule has 0 heterocycles. The quantitative estimate of drug-likeness (QED) is 0.752. The molecular weight excluding hydrogens is 192 g/mol. The Morgan fingerprint density at radius 2 is 2.13 bits per heavy atom. The van der Waals surface area contributed by atoms with Crippen LogP contribution in [-0.4, -0.2) is 28.7 Å². The Kier molecular flexibility index (Phi) is 2.37. The zero-order chi connectivity index (χ0) is 11.1. The molecule has 1 aromatic carbocycles. The molecule has 0 fully saturated rings. The SMILES string of the molecule is CC1(C(O)CO)Cc2ccccc2C1=O. The van der Waals surface area contributed by atoms with Crippen LogP contribution in [0.1, 0.15) is 22.8 Å². The number of carbonyl (C=O) groups is 1. The van der Waals surface area contributed by atoms with E-state index in [1.165, 1.54) is 0 Å². The molecule has 0 radical (unpaired) electrons. The number of hydrogen-bond donors (Lipinski definition) is 2. The van der Waals surface area contributed by atoms with Crippen molar-refractivity contribution in [2.24, 2.45) is 5.41 Å². The van der Waals surface area contributed by atoms with Crippen LogP contribution in [-0.2, 0) is 6.42 Å². The van der Waals surface area contributed by atoms with Crippen LogP contribution in [0.4, 0.5) is 0 Å². The third kappa shape index (κ3) is 1.39. The van der Waals surface area contributed by atoms with Gasteiger partial charge in [-0.1, -0.05) is 24.3 Å².